The molecule has 0 spiro atoms. The zero-order valence-corrected chi connectivity index (χ0v) is 17.6. The molecule has 0 aliphatic carbocycles. The number of allylic oxidation sites excluding steroid dienone is 2. The molecule has 156 valence electrons. The van der Waals surface area contributed by atoms with Crippen LogP contribution < -0.4 is 4.74 Å². The Balaban J connectivity index is 1.21. The van der Waals surface area contributed by atoms with Crippen molar-refractivity contribution in [2.75, 3.05) is 6.54 Å². The van der Waals surface area contributed by atoms with Crippen LogP contribution >= 0.6 is 0 Å². The quantitative estimate of drug-likeness (QED) is 0.386. The normalized spacial score (nSPS) is 13.8. The Morgan fingerprint density at radius 1 is 0.906 bits per heavy atom. The number of nitrogens with zero attached hydrogens (tertiary/aromatic N) is 2. The molecular weight excluding hydrogens is 394 g/mol. The fraction of sp³-hybridized carbons (Fsp3) is 0.0714. The standard InChI is InChI=1S/C28H23N3O/c1-2-10-28-27(9-1)23(19-31-28)13-11-22-16-24(30-18-22)14-12-21-6-5-8-26(17-21)32-20-25-7-3-4-15-29-25/h1-17,19,31H,18,20H2/b13-11+,14-12+. The van der Waals surface area contributed by atoms with Gasteiger partial charge in [-0.2, -0.15) is 0 Å². The van der Waals surface area contributed by atoms with Crippen LogP contribution in [-0.2, 0) is 6.61 Å². The first-order valence-electron chi connectivity index (χ1n) is 10.6. The number of para-hydroxylation sites is 1. The average Bonchev–Trinajstić information content (AvgIpc) is 3.48. The van der Waals surface area contributed by atoms with E-state index in [1.807, 2.05) is 54.7 Å². The number of fused-ring (bicyclic) bond motifs is 1. The zero-order chi connectivity index (χ0) is 21.6. The molecule has 0 atom stereocenters. The smallest absolute Gasteiger partial charge is 0.130 e. The monoisotopic (exact) mass is 417 g/mol. The summed E-state index contributed by atoms with van der Waals surface area (Å²) in [5, 5.41) is 1.23. The van der Waals surface area contributed by atoms with Crippen LogP contribution in [0.5, 0.6) is 5.75 Å². The van der Waals surface area contributed by atoms with Crippen LogP contribution in [-0.4, -0.2) is 22.2 Å². The van der Waals surface area contributed by atoms with Crippen LogP contribution in [0.1, 0.15) is 16.8 Å². The molecule has 4 heteroatoms. The Bertz CT molecular complexity index is 1340. The number of aromatic amines is 1. The highest BCUT2D eigenvalue weighted by molar-refractivity contribution is 6.08. The molecule has 2 aromatic carbocycles. The summed E-state index contributed by atoms with van der Waals surface area (Å²) in [5.41, 5.74) is 6.49. The van der Waals surface area contributed by atoms with E-state index < -0.39 is 0 Å². The Hall–Kier alpha value is -4.18. The molecule has 1 aliphatic rings. The summed E-state index contributed by atoms with van der Waals surface area (Å²) < 4.78 is 5.87. The Morgan fingerprint density at radius 2 is 1.84 bits per heavy atom. The van der Waals surface area contributed by atoms with Gasteiger partial charge in [0, 0.05) is 23.3 Å². The number of hydrogen-bond donors (Lipinski definition) is 1. The Morgan fingerprint density at radius 3 is 2.78 bits per heavy atom. The molecule has 32 heavy (non-hydrogen) atoms. The van der Waals surface area contributed by atoms with Crippen molar-refractivity contribution in [3.63, 3.8) is 0 Å². The number of ether oxygens (including phenoxy) is 1. The molecular formula is C28H23N3O. The second-order valence-electron chi connectivity index (χ2n) is 7.60. The fourth-order valence-electron chi connectivity index (χ4n) is 3.62. The van der Waals surface area contributed by atoms with Gasteiger partial charge in [-0.3, -0.25) is 9.98 Å². The largest absolute Gasteiger partial charge is 0.487 e. The molecule has 0 bridgehead atoms. The summed E-state index contributed by atoms with van der Waals surface area (Å²) in [6.07, 6.45) is 14.4. The highest BCUT2D eigenvalue weighted by Crippen LogP contribution is 2.21. The Kier molecular flexibility index (Phi) is 5.75. The first kappa shape index (κ1) is 19.8. The average molecular weight is 418 g/mol. The number of benzene rings is 2. The summed E-state index contributed by atoms with van der Waals surface area (Å²) in [6, 6.07) is 22.2. The van der Waals surface area contributed by atoms with Crippen LogP contribution in [0.2, 0.25) is 0 Å². The van der Waals surface area contributed by atoms with Crippen LogP contribution in [0.4, 0.5) is 0 Å². The van der Waals surface area contributed by atoms with Crippen molar-refractivity contribution in [2.24, 2.45) is 4.99 Å². The lowest BCUT2D eigenvalue weighted by atomic mass is 10.1. The van der Waals surface area contributed by atoms with E-state index in [0.717, 1.165) is 28.2 Å². The van der Waals surface area contributed by atoms with Gasteiger partial charge in [0.25, 0.3) is 0 Å². The first-order valence-corrected chi connectivity index (χ1v) is 10.6. The third-order valence-corrected chi connectivity index (χ3v) is 5.29. The van der Waals surface area contributed by atoms with Gasteiger partial charge in [0.15, 0.2) is 0 Å². The third-order valence-electron chi connectivity index (χ3n) is 5.29. The maximum atomic E-state index is 5.87. The van der Waals surface area contributed by atoms with Crippen molar-refractivity contribution >= 4 is 28.8 Å². The van der Waals surface area contributed by atoms with Crippen molar-refractivity contribution in [3.8, 4) is 5.75 Å². The van der Waals surface area contributed by atoms with Crippen molar-refractivity contribution < 1.29 is 4.74 Å². The molecule has 1 N–H and O–H groups in total. The van der Waals surface area contributed by atoms with Gasteiger partial charge in [-0.15, -0.1) is 0 Å². The summed E-state index contributed by atoms with van der Waals surface area (Å²) in [7, 11) is 0. The molecule has 0 saturated heterocycles. The molecule has 1 aliphatic heterocycles. The molecule has 0 amide bonds. The van der Waals surface area contributed by atoms with Crippen molar-refractivity contribution in [2.45, 2.75) is 6.61 Å². The lowest BCUT2D eigenvalue weighted by Gasteiger charge is -2.06. The van der Waals surface area contributed by atoms with Gasteiger partial charge in [-0.05, 0) is 59.2 Å². The minimum absolute atomic E-state index is 0.454. The fourth-order valence-corrected chi connectivity index (χ4v) is 3.62. The number of hydrogen-bond acceptors (Lipinski definition) is 3. The van der Waals surface area contributed by atoms with E-state index in [0.29, 0.717) is 13.2 Å². The lowest BCUT2D eigenvalue weighted by Crippen LogP contribution is -1.97. The number of aromatic nitrogens is 2. The molecule has 0 radical (unpaired) electrons. The van der Waals surface area contributed by atoms with Crippen LogP contribution in [0.25, 0.3) is 23.1 Å². The van der Waals surface area contributed by atoms with Gasteiger partial charge in [0.2, 0.25) is 0 Å². The van der Waals surface area contributed by atoms with Crippen molar-refractivity contribution in [3.05, 3.63) is 120 Å². The number of nitrogens with one attached hydrogen (secondary N) is 1. The summed E-state index contributed by atoms with van der Waals surface area (Å²) in [6.45, 7) is 1.15. The summed E-state index contributed by atoms with van der Waals surface area (Å²) >= 11 is 0. The molecule has 4 nitrogen and oxygen atoms in total. The number of H-pyrrole nitrogens is 1. The van der Waals surface area contributed by atoms with E-state index in [2.05, 4.69) is 63.5 Å². The first-order chi connectivity index (χ1) is 15.8. The predicted molar refractivity (Wildman–Crippen MR) is 132 cm³/mol. The molecule has 5 rings (SSSR count). The molecule has 3 heterocycles. The molecule has 0 saturated carbocycles. The lowest BCUT2D eigenvalue weighted by molar-refractivity contribution is 0.301. The minimum Gasteiger partial charge on any atom is -0.487 e. The SMILES string of the molecule is C1=C(/C=C/c2c[nH]c3ccccc23)CN=C1/C=C/c1cccc(OCc2ccccn2)c1. The van der Waals surface area contributed by atoms with Crippen molar-refractivity contribution in [1.29, 1.82) is 0 Å². The topological polar surface area (TPSA) is 50.3 Å². The number of rotatable bonds is 7. The molecule has 0 unspecified atom stereocenters. The van der Waals surface area contributed by atoms with Crippen LogP contribution in [0, 0.1) is 0 Å². The maximum Gasteiger partial charge on any atom is 0.130 e. The van der Waals surface area contributed by atoms with Gasteiger partial charge in [-0.25, -0.2) is 0 Å². The predicted octanol–water partition coefficient (Wildman–Crippen LogP) is 6.25. The van der Waals surface area contributed by atoms with Gasteiger partial charge < -0.3 is 9.72 Å². The number of aliphatic imine (C=N–C) groups is 1. The molecule has 0 fully saturated rings. The van der Waals surface area contributed by atoms with Gasteiger partial charge in [-0.1, -0.05) is 54.6 Å². The highest BCUT2D eigenvalue weighted by atomic mass is 16.5. The van der Waals surface area contributed by atoms with Crippen LogP contribution in [0.15, 0.2) is 108 Å². The second kappa shape index (κ2) is 9.31. The molecule has 4 aromatic rings. The zero-order valence-electron chi connectivity index (χ0n) is 17.6. The van der Waals surface area contributed by atoms with E-state index in [-0.39, 0.29) is 0 Å². The summed E-state index contributed by atoms with van der Waals surface area (Å²) in [4.78, 5) is 12.2. The Labute approximate surface area is 187 Å². The highest BCUT2D eigenvalue weighted by Gasteiger charge is 2.05. The summed E-state index contributed by atoms with van der Waals surface area (Å²) in [5.74, 6) is 0.823. The van der Waals surface area contributed by atoms with Gasteiger partial charge in [0.1, 0.15) is 12.4 Å². The third kappa shape index (κ3) is 4.76. The van der Waals surface area contributed by atoms with E-state index in [1.54, 1.807) is 6.20 Å². The van der Waals surface area contributed by atoms with Crippen molar-refractivity contribution in [1.82, 2.24) is 9.97 Å². The maximum absolute atomic E-state index is 5.87. The second-order valence-corrected chi connectivity index (χ2v) is 7.60. The molecule has 2 aromatic heterocycles. The van der Waals surface area contributed by atoms with Gasteiger partial charge >= 0.3 is 0 Å². The van der Waals surface area contributed by atoms with E-state index >= 15 is 0 Å². The van der Waals surface area contributed by atoms with E-state index in [9.17, 15) is 0 Å². The van der Waals surface area contributed by atoms with Gasteiger partial charge in [0.05, 0.1) is 18.0 Å². The van der Waals surface area contributed by atoms with Crippen LogP contribution in [0.3, 0.4) is 0 Å². The number of pyridine rings is 1. The minimum atomic E-state index is 0.454. The van der Waals surface area contributed by atoms with E-state index in [1.165, 1.54) is 16.5 Å². The van der Waals surface area contributed by atoms with E-state index in [4.69, 9.17) is 4.74 Å².